The van der Waals surface area contributed by atoms with Crippen LogP contribution in [0, 0.1) is 5.92 Å². The largest absolute Gasteiger partial charge is 0.354 e. The normalized spacial score (nSPS) is 18.6. The van der Waals surface area contributed by atoms with Crippen LogP contribution < -0.4 is 10.2 Å². The van der Waals surface area contributed by atoms with Gasteiger partial charge in [-0.2, -0.15) is 0 Å². The quantitative estimate of drug-likeness (QED) is 0.794. The summed E-state index contributed by atoms with van der Waals surface area (Å²) in [5.41, 5.74) is 0.776. The lowest BCUT2D eigenvalue weighted by atomic mass is 9.93. The summed E-state index contributed by atoms with van der Waals surface area (Å²) < 4.78 is 0. The van der Waals surface area contributed by atoms with Crippen molar-refractivity contribution in [1.29, 1.82) is 0 Å². The average molecular weight is 418 g/mol. The molecule has 2 aliphatic heterocycles. The molecule has 3 heterocycles. The molecule has 0 spiro atoms. The molecule has 1 N–H and O–H groups in total. The Kier molecular flexibility index (Phi) is 10.4. The molecule has 0 atom stereocenters. The molecule has 27 heavy (non-hydrogen) atoms. The van der Waals surface area contributed by atoms with Gasteiger partial charge in [-0.1, -0.05) is 0 Å². The number of nitrogens with one attached hydrogen (secondary N) is 1. The first-order valence-electron chi connectivity index (χ1n) is 9.51. The second-order valence-electron chi connectivity index (χ2n) is 7.32. The minimum atomic E-state index is 0. The highest BCUT2D eigenvalue weighted by Crippen LogP contribution is 2.22. The van der Waals surface area contributed by atoms with E-state index in [4.69, 9.17) is 0 Å². The Hall–Kier alpha value is -1.08. The van der Waals surface area contributed by atoms with Gasteiger partial charge in [-0.15, -0.1) is 24.8 Å². The predicted octanol–water partition coefficient (Wildman–Crippen LogP) is 2.14. The highest BCUT2D eigenvalue weighted by molar-refractivity contribution is 5.95. The van der Waals surface area contributed by atoms with Crippen LogP contribution in [0.25, 0.3) is 0 Å². The number of likely N-dealkylation sites (tertiary alicyclic amines) is 1. The Balaban J connectivity index is 0.00000182. The first kappa shape index (κ1) is 24.0. The van der Waals surface area contributed by atoms with Gasteiger partial charge in [-0.3, -0.25) is 4.79 Å². The maximum Gasteiger partial charge on any atom is 0.254 e. The number of piperidine rings is 1. The van der Waals surface area contributed by atoms with E-state index in [2.05, 4.69) is 27.1 Å². The number of rotatable bonds is 5. The first-order chi connectivity index (χ1) is 12.2. The number of anilines is 1. The van der Waals surface area contributed by atoms with Crippen LogP contribution in [0.15, 0.2) is 18.3 Å². The summed E-state index contributed by atoms with van der Waals surface area (Å²) in [6.45, 7) is 6.84. The van der Waals surface area contributed by atoms with Crippen molar-refractivity contribution in [2.45, 2.75) is 19.3 Å². The van der Waals surface area contributed by atoms with Gasteiger partial charge in [0.25, 0.3) is 5.91 Å². The topological polar surface area (TPSA) is 51.7 Å². The first-order valence-corrected chi connectivity index (χ1v) is 9.51. The van der Waals surface area contributed by atoms with E-state index in [0.717, 1.165) is 76.0 Å². The number of nitrogens with zero attached hydrogens (tertiary/aromatic N) is 4. The zero-order valence-electron chi connectivity index (χ0n) is 16.4. The van der Waals surface area contributed by atoms with Crippen LogP contribution in [-0.2, 0) is 0 Å². The number of halogens is 2. The third-order valence-corrected chi connectivity index (χ3v) is 5.52. The Morgan fingerprint density at radius 3 is 2.44 bits per heavy atom. The van der Waals surface area contributed by atoms with E-state index < -0.39 is 0 Å². The third kappa shape index (κ3) is 6.49. The number of hydrogen-bond donors (Lipinski definition) is 1. The molecule has 0 bridgehead atoms. The minimum absolute atomic E-state index is 0. The molecule has 1 aromatic rings. The highest BCUT2D eigenvalue weighted by Gasteiger charge is 2.24. The summed E-state index contributed by atoms with van der Waals surface area (Å²) >= 11 is 0. The molecule has 0 saturated carbocycles. The van der Waals surface area contributed by atoms with Crippen LogP contribution in [0.2, 0.25) is 0 Å². The molecular formula is C19H33Cl2N5O. The Morgan fingerprint density at radius 2 is 1.81 bits per heavy atom. The average Bonchev–Trinajstić information content (AvgIpc) is 2.67. The highest BCUT2D eigenvalue weighted by atomic mass is 35.5. The summed E-state index contributed by atoms with van der Waals surface area (Å²) in [7, 11) is 4.14. The van der Waals surface area contributed by atoms with Crippen LogP contribution in [0.1, 0.15) is 29.6 Å². The molecule has 1 amide bonds. The molecule has 0 aromatic carbocycles. The predicted molar refractivity (Wildman–Crippen MR) is 116 cm³/mol. The second kappa shape index (κ2) is 11.7. The molecule has 2 aliphatic rings. The molecule has 6 nitrogen and oxygen atoms in total. The van der Waals surface area contributed by atoms with E-state index in [1.807, 2.05) is 24.1 Å². The fourth-order valence-corrected chi connectivity index (χ4v) is 3.72. The fourth-order valence-electron chi connectivity index (χ4n) is 3.72. The van der Waals surface area contributed by atoms with Crippen LogP contribution in [0.4, 0.5) is 5.82 Å². The van der Waals surface area contributed by atoms with E-state index in [0.29, 0.717) is 0 Å². The van der Waals surface area contributed by atoms with Crippen molar-refractivity contribution in [3.63, 3.8) is 0 Å². The summed E-state index contributed by atoms with van der Waals surface area (Å²) in [5, 5.41) is 3.22. The van der Waals surface area contributed by atoms with Crippen molar-refractivity contribution in [1.82, 2.24) is 20.1 Å². The number of hydrogen-bond acceptors (Lipinski definition) is 5. The van der Waals surface area contributed by atoms with Crippen LogP contribution in [0.3, 0.4) is 0 Å². The number of likely N-dealkylation sites (N-methyl/N-ethyl adjacent to an activating group) is 1. The lowest BCUT2D eigenvalue weighted by Crippen LogP contribution is -2.45. The molecule has 154 valence electrons. The zero-order valence-corrected chi connectivity index (χ0v) is 18.0. The van der Waals surface area contributed by atoms with Crippen LogP contribution in [0.5, 0.6) is 0 Å². The molecule has 1 aromatic heterocycles. The maximum atomic E-state index is 12.9. The SMILES string of the molecule is CNCCC1CCN(C(=O)c2ccnc(N3CCN(C)CC3)c2)CC1.Cl.Cl. The van der Waals surface area contributed by atoms with Crippen molar-refractivity contribution in [3.05, 3.63) is 23.9 Å². The number of piperazine rings is 1. The number of aromatic nitrogens is 1. The summed E-state index contributed by atoms with van der Waals surface area (Å²) in [6.07, 6.45) is 5.22. The minimum Gasteiger partial charge on any atom is -0.354 e. The van der Waals surface area contributed by atoms with Gasteiger partial charge >= 0.3 is 0 Å². The molecule has 0 aliphatic carbocycles. The fraction of sp³-hybridized carbons (Fsp3) is 0.684. The summed E-state index contributed by atoms with van der Waals surface area (Å²) in [4.78, 5) is 24.0. The Bertz CT molecular complexity index is 573. The third-order valence-electron chi connectivity index (χ3n) is 5.52. The number of amides is 1. The summed E-state index contributed by atoms with van der Waals surface area (Å²) in [6, 6.07) is 3.83. The van der Waals surface area contributed by atoms with E-state index in [-0.39, 0.29) is 30.7 Å². The van der Waals surface area contributed by atoms with Gasteiger partial charge < -0.3 is 20.0 Å². The monoisotopic (exact) mass is 417 g/mol. The zero-order chi connectivity index (χ0) is 17.6. The molecule has 2 saturated heterocycles. The van der Waals surface area contributed by atoms with Crippen molar-refractivity contribution >= 4 is 36.5 Å². The smallest absolute Gasteiger partial charge is 0.254 e. The van der Waals surface area contributed by atoms with Gasteiger partial charge in [-0.25, -0.2) is 4.98 Å². The lowest BCUT2D eigenvalue weighted by molar-refractivity contribution is 0.0687. The van der Waals surface area contributed by atoms with E-state index in [1.165, 1.54) is 6.42 Å². The molecule has 2 fully saturated rings. The van der Waals surface area contributed by atoms with Crippen molar-refractivity contribution in [2.75, 3.05) is 64.8 Å². The Labute approximate surface area is 175 Å². The molecule has 0 radical (unpaired) electrons. The Morgan fingerprint density at radius 1 is 1.15 bits per heavy atom. The van der Waals surface area contributed by atoms with Crippen LogP contribution in [-0.4, -0.2) is 80.6 Å². The van der Waals surface area contributed by atoms with E-state index in [1.54, 1.807) is 6.20 Å². The molecule has 0 unspecified atom stereocenters. The van der Waals surface area contributed by atoms with Crippen molar-refractivity contribution in [3.8, 4) is 0 Å². The number of carbonyl (C=O) groups is 1. The van der Waals surface area contributed by atoms with Gasteiger partial charge in [0.2, 0.25) is 0 Å². The van der Waals surface area contributed by atoms with Gasteiger partial charge in [0.15, 0.2) is 0 Å². The van der Waals surface area contributed by atoms with E-state index in [9.17, 15) is 4.79 Å². The number of carbonyl (C=O) groups excluding carboxylic acids is 1. The summed E-state index contributed by atoms with van der Waals surface area (Å²) in [5.74, 6) is 1.84. The van der Waals surface area contributed by atoms with Gasteiger partial charge in [0.05, 0.1) is 0 Å². The van der Waals surface area contributed by atoms with Gasteiger partial charge in [0, 0.05) is 51.0 Å². The molecular weight excluding hydrogens is 385 g/mol. The van der Waals surface area contributed by atoms with Gasteiger partial charge in [0.1, 0.15) is 5.82 Å². The standard InChI is InChI=1S/C19H31N5O.2ClH/c1-20-7-3-16-5-9-24(10-6-16)19(25)17-4-8-21-18(15-17)23-13-11-22(2)12-14-23;;/h4,8,15-16,20H,3,5-7,9-14H2,1-2H3;2*1H. The molecule has 8 heteroatoms. The lowest BCUT2D eigenvalue weighted by Gasteiger charge is -2.34. The van der Waals surface area contributed by atoms with Gasteiger partial charge in [-0.05, 0) is 58.0 Å². The van der Waals surface area contributed by atoms with Crippen molar-refractivity contribution in [2.24, 2.45) is 5.92 Å². The van der Waals surface area contributed by atoms with Crippen LogP contribution >= 0.6 is 24.8 Å². The number of pyridine rings is 1. The second-order valence-corrected chi connectivity index (χ2v) is 7.32. The van der Waals surface area contributed by atoms with E-state index >= 15 is 0 Å². The maximum absolute atomic E-state index is 12.9. The van der Waals surface area contributed by atoms with Crippen molar-refractivity contribution < 1.29 is 4.79 Å². The molecule has 3 rings (SSSR count).